The third-order valence-electron chi connectivity index (χ3n) is 3.40. The number of thioether (sulfide) groups is 1. The summed E-state index contributed by atoms with van der Waals surface area (Å²) in [5.41, 5.74) is 9.88. The van der Waals surface area contributed by atoms with Crippen LogP contribution in [0.1, 0.15) is 22.3 Å². The second kappa shape index (κ2) is 5.81. The van der Waals surface area contributed by atoms with Crippen LogP contribution in [-0.2, 0) is 4.79 Å². The number of benzene rings is 1. The predicted octanol–water partition coefficient (Wildman–Crippen LogP) is 2.61. The fourth-order valence-corrected chi connectivity index (χ4v) is 2.96. The normalized spacial score (nSPS) is 17.4. The van der Waals surface area contributed by atoms with Crippen molar-refractivity contribution in [3.05, 3.63) is 39.3 Å². The second-order valence-electron chi connectivity index (χ2n) is 4.92. The molecular weight excluding hydrogens is 272 g/mol. The summed E-state index contributed by atoms with van der Waals surface area (Å²) in [6.45, 7) is 6.65. The van der Waals surface area contributed by atoms with Gasteiger partial charge in [0.2, 0.25) is 0 Å². The minimum Gasteiger partial charge on any atom is -0.329 e. The lowest BCUT2D eigenvalue weighted by Crippen LogP contribution is -2.33. The van der Waals surface area contributed by atoms with Crippen molar-refractivity contribution >= 4 is 29.0 Å². The van der Waals surface area contributed by atoms with Gasteiger partial charge in [-0.25, -0.2) is 0 Å². The first kappa shape index (κ1) is 14.8. The molecule has 2 N–H and O–H groups in total. The van der Waals surface area contributed by atoms with Crippen LogP contribution in [0.3, 0.4) is 0 Å². The van der Waals surface area contributed by atoms with Crippen LogP contribution in [0.15, 0.2) is 17.0 Å². The van der Waals surface area contributed by atoms with Crippen molar-refractivity contribution in [1.82, 2.24) is 4.90 Å². The fourth-order valence-electron chi connectivity index (χ4n) is 2.10. The molecule has 1 aromatic rings. The Morgan fingerprint density at radius 2 is 1.80 bits per heavy atom. The highest BCUT2D eigenvalue weighted by Gasteiger charge is 2.34. The highest BCUT2D eigenvalue weighted by Crippen LogP contribution is 2.32. The minimum atomic E-state index is -0.247. The van der Waals surface area contributed by atoms with E-state index in [1.807, 2.05) is 19.9 Å². The Balaban J connectivity index is 2.35. The Hall–Kier alpha value is -1.59. The Morgan fingerprint density at radius 3 is 2.45 bits per heavy atom. The van der Waals surface area contributed by atoms with Gasteiger partial charge in [0.1, 0.15) is 0 Å². The lowest BCUT2D eigenvalue weighted by molar-refractivity contribution is -0.122. The number of carbonyl (C=O) groups excluding carboxylic acids is 2. The maximum Gasteiger partial charge on any atom is 0.293 e. The van der Waals surface area contributed by atoms with Crippen molar-refractivity contribution in [2.75, 3.05) is 13.1 Å². The van der Waals surface area contributed by atoms with Crippen molar-refractivity contribution in [3.8, 4) is 0 Å². The zero-order valence-electron chi connectivity index (χ0n) is 11.9. The molecule has 0 saturated carbocycles. The number of amides is 2. The summed E-state index contributed by atoms with van der Waals surface area (Å²) in [7, 11) is 0. The molecular formula is C15H18N2O2S. The smallest absolute Gasteiger partial charge is 0.293 e. The first-order chi connectivity index (χ1) is 9.43. The molecule has 0 bridgehead atoms. The Labute approximate surface area is 123 Å². The van der Waals surface area contributed by atoms with E-state index < -0.39 is 0 Å². The van der Waals surface area contributed by atoms with E-state index in [2.05, 4.69) is 13.0 Å². The van der Waals surface area contributed by atoms with Crippen molar-refractivity contribution in [2.45, 2.75) is 20.8 Å². The average molecular weight is 290 g/mol. The van der Waals surface area contributed by atoms with Gasteiger partial charge in [-0.3, -0.25) is 14.5 Å². The van der Waals surface area contributed by atoms with Crippen LogP contribution in [0.4, 0.5) is 4.79 Å². The van der Waals surface area contributed by atoms with E-state index in [0.717, 1.165) is 22.9 Å². The van der Waals surface area contributed by atoms with Gasteiger partial charge in [-0.1, -0.05) is 12.1 Å². The molecule has 0 atom stereocenters. The van der Waals surface area contributed by atoms with Crippen molar-refractivity contribution in [3.63, 3.8) is 0 Å². The third kappa shape index (κ3) is 2.78. The van der Waals surface area contributed by atoms with E-state index in [1.165, 1.54) is 16.0 Å². The van der Waals surface area contributed by atoms with Gasteiger partial charge in [0.05, 0.1) is 4.91 Å². The number of hydrogen-bond acceptors (Lipinski definition) is 4. The Morgan fingerprint density at radius 1 is 1.15 bits per heavy atom. The first-order valence-electron chi connectivity index (χ1n) is 6.47. The van der Waals surface area contributed by atoms with Crippen molar-refractivity contribution in [1.29, 1.82) is 0 Å². The maximum absolute atomic E-state index is 12.1. The lowest BCUT2D eigenvalue weighted by atomic mass is 10.0. The fraction of sp³-hybridized carbons (Fsp3) is 0.333. The third-order valence-corrected chi connectivity index (χ3v) is 4.30. The zero-order valence-corrected chi connectivity index (χ0v) is 12.7. The van der Waals surface area contributed by atoms with E-state index in [1.54, 1.807) is 6.08 Å². The Kier molecular flexibility index (Phi) is 4.30. The summed E-state index contributed by atoms with van der Waals surface area (Å²) in [5.74, 6) is -0.247. The van der Waals surface area contributed by atoms with E-state index in [9.17, 15) is 9.59 Å². The standard InChI is InChI=1S/C15H18N2O2S/c1-9-6-11(3)12(7-10(9)2)8-13-14(18)17(5-4-16)15(19)20-13/h6-8H,4-5,16H2,1-3H3/b13-8+. The zero-order chi connectivity index (χ0) is 14.9. The lowest BCUT2D eigenvalue weighted by Gasteiger charge is -2.10. The van der Waals surface area contributed by atoms with Crippen LogP contribution in [0.5, 0.6) is 0 Å². The molecule has 0 unspecified atom stereocenters. The largest absolute Gasteiger partial charge is 0.329 e. The minimum absolute atomic E-state index is 0.242. The second-order valence-corrected chi connectivity index (χ2v) is 5.91. The molecule has 0 aromatic heterocycles. The molecule has 1 aliphatic heterocycles. The Bertz CT molecular complexity index is 608. The van der Waals surface area contributed by atoms with Crippen LogP contribution >= 0.6 is 11.8 Å². The van der Waals surface area contributed by atoms with Crippen LogP contribution < -0.4 is 5.73 Å². The summed E-state index contributed by atoms with van der Waals surface area (Å²) >= 11 is 0.978. The molecule has 20 heavy (non-hydrogen) atoms. The molecule has 2 rings (SSSR count). The highest BCUT2D eigenvalue weighted by molar-refractivity contribution is 8.18. The molecule has 1 aromatic carbocycles. The van der Waals surface area contributed by atoms with Gasteiger partial charge in [0.15, 0.2) is 0 Å². The maximum atomic E-state index is 12.1. The molecule has 0 aliphatic carbocycles. The monoisotopic (exact) mass is 290 g/mol. The number of carbonyl (C=O) groups is 2. The van der Waals surface area contributed by atoms with E-state index >= 15 is 0 Å². The number of aryl methyl sites for hydroxylation is 3. The van der Waals surface area contributed by atoms with Crippen LogP contribution in [0.2, 0.25) is 0 Å². The van der Waals surface area contributed by atoms with Gasteiger partial charge in [0, 0.05) is 13.1 Å². The molecule has 5 heteroatoms. The molecule has 1 saturated heterocycles. The first-order valence-corrected chi connectivity index (χ1v) is 7.29. The van der Waals surface area contributed by atoms with Crippen molar-refractivity contribution < 1.29 is 9.59 Å². The highest BCUT2D eigenvalue weighted by atomic mass is 32.2. The summed E-state index contributed by atoms with van der Waals surface area (Å²) in [5, 5.41) is -0.242. The quantitative estimate of drug-likeness (QED) is 0.869. The molecule has 1 heterocycles. The van der Waals surface area contributed by atoms with Crippen LogP contribution in [0, 0.1) is 20.8 Å². The van der Waals surface area contributed by atoms with E-state index in [-0.39, 0.29) is 24.2 Å². The van der Waals surface area contributed by atoms with Gasteiger partial charge >= 0.3 is 0 Å². The number of imide groups is 1. The number of nitrogens with two attached hydrogens (primary N) is 1. The number of hydrogen-bond donors (Lipinski definition) is 1. The van der Waals surface area contributed by atoms with E-state index in [0.29, 0.717) is 4.91 Å². The topological polar surface area (TPSA) is 63.4 Å². The summed E-state index contributed by atoms with van der Waals surface area (Å²) in [4.78, 5) is 25.6. The summed E-state index contributed by atoms with van der Waals surface area (Å²) in [6.07, 6.45) is 1.79. The van der Waals surface area contributed by atoms with Gasteiger partial charge in [0.25, 0.3) is 11.1 Å². The average Bonchev–Trinajstić information content (AvgIpc) is 2.64. The SMILES string of the molecule is Cc1cc(C)c(/C=C2/SC(=O)N(CCN)C2=O)cc1C. The molecule has 0 radical (unpaired) electrons. The summed E-state index contributed by atoms with van der Waals surface area (Å²) in [6, 6.07) is 4.13. The van der Waals surface area contributed by atoms with Crippen LogP contribution in [0.25, 0.3) is 6.08 Å². The van der Waals surface area contributed by atoms with Gasteiger partial charge in [-0.2, -0.15) is 0 Å². The summed E-state index contributed by atoms with van der Waals surface area (Å²) < 4.78 is 0. The molecule has 4 nitrogen and oxygen atoms in total. The predicted molar refractivity (Wildman–Crippen MR) is 82.4 cm³/mol. The van der Waals surface area contributed by atoms with E-state index in [4.69, 9.17) is 5.73 Å². The molecule has 106 valence electrons. The van der Waals surface area contributed by atoms with Gasteiger partial charge in [-0.05, 0) is 60.9 Å². The number of rotatable bonds is 3. The van der Waals surface area contributed by atoms with Crippen LogP contribution in [-0.4, -0.2) is 29.1 Å². The molecule has 0 spiro atoms. The molecule has 1 fully saturated rings. The number of nitrogens with zero attached hydrogens (tertiary/aromatic N) is 1. The van der Waals surface area contributed by atoms with Crippen molar-refractivity contribution in [2.24, 2.45) is 5.73 Å². The molecule has 2 amide bonds. The van der Waals surface area contributed by atoms with Gasteiger partial charge in [-0.15, -0.1) is 0 Å². The molecule has 1 aliphatic rings. The van der Waals surface area contributed by atoms with Gasteiger partial charge < -0.3 is 5.73 Å².